The highest BCUT2D eigenvalue weighted by Gasteiger charge is 2.15. The molecule has 0 unspecified atom stereocenters. The van der Waals surface area contributed by atoms with Crippen LogP contribution in [0, 0.1) is 5.41 Å². The van der Waals surface area contributed by atoms with E-state index in [2.05, 4.69) is 27.4 Å². The minimum atomic E-state index is 0.530. The van der Waals surface area contributed by atoms with Crippen LogP contribution in [-0.4, -0.2) is 0 Å². The van der Waals surface area contributed by atoms with Gasteiger partial charge in [0.15, 0.2) is 0 Å². The molecule has 0 bridgehead atoms. The van der Waals surface area contributed by atoms with Crippen LogP contribution in [0.15, 0.2) is 12.7 Å². The molecule has 0 spiro atoms. The fourth-order valence-corrected chi connectivity index (χ4v) is 1.65. The fraction of sp³-hybridized carbons (Fsp3) is 0.846. The molecule has 0 saturated carbocycles. The molecule has 0 aliphatic rings. The predicted octanol–water partition coefficient (Wildman–Crippen LogP) is 4.95. The summed E-state index contributed by atoms with van der Waals surface area (Å²) in [5, 5.41) is 0. The van der Waals surface area contributed by atoms with Crippen LogP contribution in [0.4, 0.5) is 0 Å². The van der Waals surface area contributed by atoms with Crippen molar-refractivity contribution in [2.45, 2.75) is 65.7 Å². The summed E-state index contributed by atoms with van der Waals surface area (Å²) in [6.07, 6.45) is 11.4. The summed E-state index contributed by atoms with van der Waals surface area (Å²) in [6.45, 7) is 10.8. The Morgan fingerprint density at radius 2 is 1.77 bits per heavy atom. The zero-order chi connectivity index (χ0) is 10.2. The summed E-state index contributed by atoms with van der Waals surface area (Å²) in [5.74, 6) is 0. The molecule has 0 aliphatic heterocycles. The van der Waals surface area contributed by atoms with Crippen molar-refractivity contribution in [2.75, 3.05) is 0 Å². The maximum absolute atomic E-state index is 3.77. The number of unbranched alkanes of at least 4 members (excludes halogenated alkanes) is 3. The van der Waals surface area contributed by atoms with Crippen molar-refractivity contribution < 1.29 is 0 Å². The molecule has 0 aromatic carbocycles. The molecular weight excluding hydrogens is 156 g/mol. The van der Waals surface area contributed by atoms with E-state index in [1.54, 1.807) is 0 Å². The van der Waals surface area contributed by atoms with Gasteiger partial charge in [-0.3, -0.25) is 0 Å². The first-order valence-electron chi connectivity index (χ1n) is 5.73. The normalized spacial score (nSPS) is 11.6. The third-order valence-corrected chi connectivity index (χ3v) is 2.73. The van der Waals surface area contributed by atoms with Crippen LogP contribution in [-0.2, 0) is 0 Å². The maximum Gasteiger partial charge on any atom is -0.0348 e. The zero-order valence-electron chi connectivity index (χ0n) is 9.73. The summed E-state index contributed by atoms with van der Waals surface area (Å²) in [7, 11) is 0. The molecule has 0 atom stereocenters. The van der Waals surface area contributed by atoms with E-state index in [1.807, 2.05) is 6.08 Å². The Hall–Kier alpha value is -0.260. The number of hydrogen-bond donors (Lipinski definition) is 0. The van der Waals surface area contributed by atoms with E-state index in [9.17, 15) is 0 Å². The van der Waals surface area contributed by atoms with Crippen molar-refractivity contribution in [1.29, 1.82) is 0 Å². The molecular formula is C13H26. The zero-order valence-corrected chi connectivity index (χ0v) is 9.73. The van der Waals surface area contributed by atoms with E-state index < -0.39 is 0 Å². The number of allylic oxidation sites excluding steroid dienone is 1. The average molecular weight is 182 g/mol. The van der Waals surface area contributed by atoms with Crippen molar-refractivity contribution >= 4 is 0 Å². The van der Waals surface area contributed by atoms with Crippen LogP contribution < -0.4 is 0 Å². The lowest BCUT2D eigenvalue weighted by Crippen LogP contribution is -2.10. The van der Waals surface area contributed by atoms with Gasteiger partial charge < -0.3 is 0 Å². The molecule has 0 heteroatoms. The Morgan fingerprint density at radius 1 is 1.08 bits per heavy atom. The number of rotatable bonds is 8. The predicted molar refractivity (Wildman–Crippen MR) is 62.0 cm³/mol. The van der Waals surface area contributed by atoms with Gasteiger partial charge in [-0.2, -0.15) is 0 Å². The van der Waals surface area contributed by atoms with Crippen LogP contribution in [0.1, 0.15) is 65.7 Å². The second-order valence-corrected chi connectivity index (χ2v) is 4.80. The molecule has 78 valence electrons. The van der Waals surface area contributed by atoms with Crippen LogP contribution in [0.25, 0.3) is 0 Å². The first-order chi connectivity index (χ1) is 6.12. The SMILES string of the molecule is C=CCCC(C)(C)CCCCCC. The van der Waals surface area contributed by atoms with Gasteiger partial charge in [0.05, 0.1) is 0 Å². The Kier molecular flexibility index (Phi) is 7.03. The van der Waals surface area contributed by atoms with E-state index in [0.717, 1.165) is 0 Å². The molecule has 0 N–H and O–H groups in total. The first-order valence-corrected chi connectivity index (χ1v) is 5.73. The van der Waals surface area contributed by atoms with Gasteiger partial charge in [0.25, 0.3) is 0 Å². The number of hydrogen-bond acceptors (Lipinski definition) is 0. The largest absolute Gasteiger partial charge is 0.103 e. The molecule has 0 aliphatic carbocycles. The Labute approximate surface area is 84.4 Å². The molecule has 0 saturated heterocycles. The Balaban J connectivity index is 3.44. The van der Waals surface area contributed by atoms with Crippen molar-refractivity contribution in [1.82, 2.24) is 0 Å². The molecule has 0 aromatic rings. The molecule has 0 aromatic heterocycles. The van der Waals surface area contributed by atoms with Gasteiger partial charge in [0.2, 0.25) is 0 Å². The smallest absolute Gasteiger partial charge is 0.0348 e. The lowest BCUT2D eigenvalue weighted by atomic mass is 9.82. The van der Waals surface area contributed by atoms with Crippen LogP contribution in [0.3, 0.4) is 0 Å². The molecule has 0 nitrogen and oxygen atoms in total. The van der Waals surface area contributed by atoms with E-state index in [-0.39, 0.29) is 0 Å². The standard InChI is InChI=1S/C13H26/c1-5-7-9-10-12-13(3,4)11-8-6-2/h6H,2,5,7-12H2,1,3-4H3. The van der Waals surface area contributed by atoms with Gasteiger partial charge >= 0.3 is 0 Å². The first kappa shape index (κ1) is 12.7. The van der Waals surface area contributed by atoms with Crippen molar-refractivity contribution in [3.8, 4) is 0 Å². The molecule has 0 rings (SSSR count). The van der Waals surface area contributed by atoms with E-state index >= 15 is 0 Å². The molecule has 13 heavy (non-hydrogen) atoms. The van der Waals surface area contributed by atoms with Crippen molar-refractivity contribution in [3.05, 3.63) is 12.7 Å². The topological polar surface area (TPSA) is 0 Å². The minimum absolute atomic E-state index is 0.530. The van der Waals surface area contributed by atoms with Crippen LogP contribution in [0.5, 0.6) is 0 Å². The van der Waals surface area contributed by atoms with E-state index in [1.165, 1.54) is 44.9 Å². The fourth-order valence-electron chi connectivity index (χ4n) is 1.65. The average Bonchev–Trinajstić information content (AvgIpc) is 2.09. The van der Waals surface area contributed by atoms with Gasteiger partial charge in [-0.15, -0.1) is 6.58 Å². The molecule has 0 heterocycles. The Morgan fingerprint density at radius 3 is 2.31 bits per heavy atom. The molecule has 0 fully saturated rings. The second kappa shape index (κ2) is 7.17. The highest BCUT2D eigenvalue weighted by molar-refractivity contribution is 4.75. The quantitative estimate of drug-likeness (QED) is 0.368. The lowest BCUT2D eigenvalue weighted by Gasteiger charge is -2.23. The second-order valence-electron chi connectivity index (χ2n) is 4.80. The van der Waals surface area contributed by atoms with Crippen LogP contribution in [0.2, 0.25) is 0 Å². The van der Waals surface area contributed by atoms with E-state index in [0.29, 0.717) is 5.41 Å². The summed E-state index contributed by atoms with van der Waals surface area (Å²) in [4.78, 5) is 0. The summed E-state index contributed by atoms with van der Waals surface area (Å²) in [6, 6.07) is 0. The third-order valence-electron chi connectivity index (χ3n) is 2.73. The summed E-state index contributed by atoms with van der Waals surface area (Å²) < 4.78 is 0. The van der Waals surface area contributed by atoms with Gasteiger partial charge in [-0.25, -0.2) is 0 Å². The highest BCUT2D eigenvalue weighted by Crippen LogP contribution is 2.29. The van der Waals surface area contributed by atoms with Gasteiger partial charge in [-0.05, 0) is 24.7 Å². The van der Waals surface area contributed by atoms with Crippen molar-refractivity contribution in [3.63, 3.8) is 0 Å². The van der Waals surface area contributed by atoms with Gasteiger partial charge in [0.1, 0.15) is 0 Å². The maximum atomic E-state index is 3.77. The third kappa shape index (κ3) is 8.08. The molecule has 0 radical (unpaired) electrons. The van der Waals surface area contributed by atoms with Gasteiger partial charge in [-0.1, -0.05) is 52.5 Å². The van der Waals surface area contributed by atoms with Gasteiger partial charge in [0, 0.05) is 0 Å². The highest BCUT2D eigenvalue weighted by atomic mass is 14.2. The van der Waals surface area contributed by atoms with Crippen LogP contribution >= 0.6 is 0 Å². The molecule has 0 amide bonds. The summed E-state index contributed by atoms with van der Waals surface area (Å²) in [5.41, 5.74) is 0.530. The minimum Gasteiger partial charge on any atom is -0.103 e. The Bertz CT molecular complexity index is 122. The van der Waals surface area contributed by atoms with Crippen molar-refractivity contribution in [2.24, 2.45) is 5.41 Å². The monoisotopic (exact) mass is 182 g/mol. The van der Waals surface area contributed by atoms with E-state index in [4.69, 9.17) is 0 Å². The lowest BCUT2D eigenvalue weighted by molar-refractivity contribution is 0.297. The summed E-state index contributed by atoms with van der Waals surface area (Å²) >= 11 is 0.